The minimum Gasteiger partial charge on any atom is -0.492 e. The first-order valence-electron chi connectivity index (χ1n) is 7.95. The number of benzene rings is 1. The summed E-state index contributed by atoms with van der Waals surface area (Å²) in [5, 5.41) is 7.33. The number of guanidine groups is 1. The minimum absolute atomic E-state index is 0. The maximum Gasteiger partial charge on any atom is 0.193 e. The highest BCUT2D eigenvalue weighted by Gasteiger charge is 2.08. The number of hydrogen-bond donors (Lipinski definition) is 1. The Kier molecular flexibility index (Phi) is 8.67. The fourth-order valence-corrected chi connectivity index (χ4v) is 2.45. The van der Waals surface area contributed by atoms with E-state index in [1.54, 1.807) is 18.1 Å². The standard InChI is InChI=1S/C17H26N6O.HI/c1-13-8-14(2)10-15(9-13)24-7-6-22(4)17(18-3)19-11-16-20-12-21-23(16)5;/h8-10,12H,6-7,11H2,1-5H3,(H,18,19);1H. The molecule has 0 bridgehead atoms. The molecule has 0 radical (unpaired) electrons. The fraction of sp³-hybridized carbons (Fsp3) is 0.471. The van der Waals surface area contributed by atoms with E-state index in [1.165, 1.54) is 11.1 Å². The third-order valence-corrected chi connectivity index (χ3v) is 3.67. The molecule has 0 saturated carbocycles. The van der Waals surface area contributed by atoms with E-state index in [0.29, 0.717) is 13.2 Å². The molecule has 0 aliphatic carbocycles. The van der Waals surface area contributed by atoms with E-state index in [4.69, 9.17) is 4.74 Å². The Morgan fingerprint density at radius 3 is 2.52 bits per heavy atom. The van der Waals surface area contributed by atoms with Crippen molar-refractivity contribution < 1.29 is 4.74 Å². The average molecular weight is 458 g/mol. The molecule has 7 nitrogen and oxygen atoms in total. The van der Waals surface area contributed by atoms with Gasteiger partial charge in [-0.2, -0.15) is 5.10 Å². The van der Waals surface area contributed by atoms with Gasteiger partial charge in [0.05, 0.1) is 13.1 Å². The largest absolute Gasteiger partial charge is 0.492 e. The lowest BCUT2D eigenvalue weighted by molar-refractivity contribution is 0.281. The van der Waals surface area contributed by atoms with Crippen LogP contribution in [-0.4, -0.2) is 52.9 Å². The maximum atomic E-state index is 5.85. The number of aliphatic imine (C=N–C) groups is 1. The number of hydrogen-bond acceptors (Lipinski definition) is 4. The van der Waals surface area contributed by atoms with Crippen LogP contribution in [0.2, 0.25) is 0 Å². The third-order valence-electron chi connectivity index (χ3n) is 3.67. The lowest BCUT2D eigenvalue weighted by atomic mass is 10.1. The van der Waals surface area contributed by atoms with Crippen LogP contribution in [0.25, 0.3) is 0 Å². The molecule has 0 spiro atoms. The van der Waals surface area contributed by atoms with Gasteiger partial charge < -0.3 is 15.0 Å². The van der Waals surface area contributed by atoms with Gasteiger partial charge in [0, 0.05) is 21.1 Å². The monoisotopic (exact) mass is 458 g/mol. The van der Waals surface area contributed by atoms with Gasteiger partial charge in [-0.3, -0.25) is 9.67 Å². The van der Waals surface area contributed by atoms with Crippen LogP contribution < -0.4 is 10.1 Å². The predicted molar refractivity (Wildman–Crippen MR) is 111 cm³/mol. The van der Waals surface area contributed by atoms with Gasteiger partial charge in [-0.25, -0.2) is 4.98 Å². The van der Waals surface area contributed by atoms with Crippen molar-refractivity contribution >= 4 is 29.9 Å². The lowest BCUT2D eigenvalue weighted by Crippen LogP contribution is -2.40. The Hall–Kier alpha value is -1.84. The molecule has 1 aromatic carbocycles. The smallest absolute Gasteiger partial charge is 0.193 e. The van der Waals surface area contributed by atoms with Crippen molar-refractivity contribution in [3.63, 3.8) is 0 Å². The molecule has 0 aliphatic heterocycles. The molecule has 0 amide bonds. The molecule has 25 heavy (non-hydrogen) atoms. The summed E-state index contributed by atoms with van der Waals surface area (Å²) in [4.78, 5) is 10.5. The van der Waals surface area contributed by atoms with E-state index in [-0.39, 0.29) is 24.0 Å². The molecule has 2 aromatic rings. The Morgan fingerprint density at radius 2 is 1.96 bits per heavy atom. The molecule has 0 fully saturated rings. The zero-order valence-corrected chi connectivity index (χ0v) is 17.8. The van der Waals surface area contributed by atoms with Gasteiger partial charge >= 0.3 is 0 Å². The molecule has 1 aromatic heterocycles. The van der Waals surface area contributed by atoms with Crippen LogP contribution >= 0.6 is 24.0 Å². The molecule has 0 saturated heterocycles. The first-order chi connectivity index (χ1) is 11.5. The van der Waals surface area contributed by atoms with Crippen LogP contribution in [0.5, 0.6) is 5.75 Å². The summed E-state index contributed by atoms with van der Waals surface area (Å²) in [6.07, 6.45) is 1.54. The van der Waals surface area contributed by atoms with Crippen LogP contribution in [0.3, 0.4) is 0 Å². The van der Waals surface area contributed by atoms with Crippen molar-refractivity contribution in [3.8, 4) is 5.75 Å². The topological polar surface area (TPSA) is 67.6 Å². The highest BCUT2D eigenvalue weighted by atomic mass is 127. The number of nitrogens with one attached hydrogen (secondary N) is 1. The van der Waals surface area contributed by atoms with Gasteiger partial charge in [-0.1, -0.05) is 6.07 Å². The van der Waals surface area contributed by atoms with Crippen LogP contribution in [0, 0.1) is 13.8 Å². The fourth-order valence-electron chi connectivity index (χ4n) is 2.45. The molecular formula is C17H27IN6O. The molecule has 0 aliphatic rings. The minimum atomic E-state index is 0. The molecule has 0 unspecified atom stereocenters. The summed E-state index contributed by atoms with van der Waals surface area (Å²) in [5.74, 6) is 2.56. The number of likely N-dealkylation sites (N-methyl/N-ethyl adjacent to an activating group) is 1. The third kappa shape index (κ3) is 6.52. The summed E-state index contributed by atoms with van der Waals surface area (Å²) in [6, 6.07) is 6.24. The number of ether oxygens (including phenoxy) is 1. The first kappa shape index (κ1) is 21.2. The van der Waals surface area contributed by atoms with Crippen LogP contribution in [0.1, 0.15) is 17.0 Å². The van der Waals surface area contributed by atoms with Crippen molar-refractivity contribution in [3.05, 3.63) is 41.5 Å². The SMILES string of the molecule is CN=C(NCc1ncnn1C)N(C)CCOc1cc(C)cc(C)c1.I. The van der Waals surface area contributed by atoms with E-state index in [0.717, 1.165) is 24.1 Å². The Morgan fingerprint density at radius 1 is 1.28 bits per heavy atom. The van der Waals surface area contributed by atoms with Gasteiger partial charge in [0.1, 0.15) is 24.5 Å². The van der Waals surface area contributed by atoms with E-state index in [9.17, 15) is 0 Å². The second-order valence-corrected chi connectivity index (χ2v) is 5.79. The summed E-state index contributed by atoms with van der Waals surface area (Å²) >= 11 is 0. The number of aryl methyl sites for hydroxylation is 3. The summed E-state index contributed by atoms with van der Waals surface area (Å²) in [7, 11) is 5.62. The van der Waals surface area contributed by atoms with Crippen molar-refractivity contribution in [2.45, 2.75) is 20.4 Å². The van der Waals surface area contributed by atoms with Crippen LogP contribution in [0.4, 0.5) is 0 Å². The van der Waals surface area contributed by atoms with Crippen molar-refractivity contribution in [2.75, 3.05) is 27.2 Å². The first-order valence-corrected chi connectivity index (χ1v) is 7.95. The van der Waals surface area contributed by atoms with E-state index < -0.39 is 0 Å². The highest BCUT2D eigenvalue weighted by Crippen LogP contribution is 2.15. The summed E-state index contributed by atoms with van der Waals surface area (Å²) in [6.45, 7) is 6.04. The number of rotatable bonds is 6. The van der Waals surface area contributed by atoms with Crippen molar-refractivity contribution in [2.24, 2.45) is 12.0 Å². The van der Waals surface area contributed by atoms with Gasteiger partial charge in [-0.15, -0.1) is 24.0 Å². The molecule has 1 heterocycles. The van der Waals surface area contributed by atoms with Crippen LogP contribution in [-0.2, 0) is 13.6 Å². The Labute approximate surface area is 166 Å². The predicted octanol–water partition coefficient (Wildman–Crippen LogP) is 2.14. The Balaban J connectivity index is 0.00000312. The molecular weight excluding hydrogens is 431 g/mol. The second-order valence-electron chi connectivity index (χ2n) is 5.79. The molecule has 138 valence electrons. The number of aromatic nitrogens is 3. The molecule has 0 atom stereocenters. The normalized spacial score (nSPS) is 11.0. The maximum absolute atomic E-state index is 5.85. The van der Waals surface area contributed by atoms with Gasteiger partial charge in [0.15, 0.2) is 5.96 Å². The summed E-state index contributed by atoms with van der Waals surface area (Å²) in [5.41, 5.74) is 2.42. The van der Waals surface area contributed by atoms with Gasteiger partial charge in [0.25, 0.3) is 0 Å². The lowest BCUT2D eigenvalue weighted by Gasteiger charge is -2.22. The second kappa shape index (κ2) is 10.2. The molecule has 2 rings (SSSR count). The number of nitrogens with zero attached hydrogens (tertiary/aromatic N) is 5. The zero-order valence-electron chi connectivity index (χ0n) is 15.5. The average Bonchev–Trinajstić information content (AvgIpc) is 2.92. The van der Waals surface area contributed by atoms with E-state index >= 15 is 0 Å². The van der Waals surface area contributed by atoms with Gasteiger partial charge in [0.2, 0.25) is 0 Å². The van der Waals surface area contributed by atoms with Crippen molar-refractivity contribution in [1.82, 2.24) is 25.0 Å². The van der Waals surface area contributed by atoms with E-state index in [2.05, 4.69) is 40.3 Å². The Bertz CT molecular complexity index is 680. The summed E-state index contributed by atoms with van der Waals surface area (Å²) < 4.78 is 7.59. The number of halogens is 1. The van der Waals surface area contributed by atoms with E-state index in [1.807, 2.05) is 31.1 Å². The van der Waals surface area contributed by atoms with Crippen molar-refractivity contribution in [1.29, 1.82) is 0 Å². The van der Waals surface area contributed by atoms with Crippen LogP contribution in [0.15, 0.2) is 29.5 Å². The molecule has 8 heteroatoms. The quantitative estimate of drug-likeness (QED) is 0.408. The van der Waals surface area contributed by atoms with Gasteiger partial charge in [-0.05, 0) is 37.1 Å². The molecule has 1 N–H and O–H groups in total. The highest BCUT2D eigenvalue weighted by molar-refractivity contribution is 14.0. The zero-order chi connectivity index (χ0) is 17.5.